The largest absolute Gasteiger partial charge is 0.457 e. The predicted octanol–water partition coefficient (Wildman–Crippen LogP) is 5.57. The van der Waals surface area contributed by atoms with Gasteiger partial charge in [0.15, 0.2) is 5.69 Å². The number of nitrogens with one attached hydrogen (secondary N) is 1. The zero-order valence-corrected chi connectivity index (χ0v) is 21.9. The van der Waals surface area contributed by atoms with Crippen LogP contribution in [0.4, 0.5) is 5.95 Å². The van der Waals surface area contributed by atoms with Gasteiger partial charge in [-0.3, -0.25) is 0 Å². The van der Waals surface area contributed by atoms with E-state index in [1.165, 1.54) is 11.9 Å². The van der Waals surface area contributed by atoms with Gasteiger partial charge in [-0.2, -0.15) is 0 Å². The van der Waals surface area contributed by atoms with E-state index in [9.17, 15) is 4.79 Å². The summed E-state index contributed by atoms with van der Waals surface area (Å²) in [7, 11) is 3.77. The molecule has 0 radical (unpaired) electrons. The van der Waals surface area contributed by atoms with Gasteiger partial charge in [0.1, 0.15) is 17.1 Å². The van der Waals surface area contributed by atoms with Crippen molar-refractivity contribution in [2.75, 3.05) is 32.6 Å². The molecule has 2 heterocycles. The minimum Gasteiger partial charge on any atom is -0.457 e. The number of fused-ring (bicyclic) bond motifs is 1. The van der Waals surface area contributed by atoms with Gasteiger partial charge < -0.3 is 24.4 Å². The van der Waals surface area contributed by atoms with Crippen molar-refractivity contribution in [3.8, 4) is 11.5 Å². The number of esters is 1. The molecule has 1 aliphatic rings. The number of hydrogen-bond donors (Lipinski definition) is 1. The molecule has 4 rings (SSSR count). The smallest absolute Gasteiger partial charge is 0.357 e. The number of carbonyl (C=O) groups excluding carboxylic acids is 1. The minimum atomic E-state index is -0.604. The third kappa shape index (κ3) is 7.04. The number of rotatable bonds is 9. The average Bonchev–Trinajstić information content (AvgIpc) is 2.87. The molecule has 1 aliphatic carbocycles. The second-order valence-electron chi connectivity index (χ2n) is 9.74. The molecule has 0 atom stereocenters. The standard InChI is InChI=1S/C28H33N5O4.H2/c1-28(2,3)37-26(34)24-17-21(12-13-29-24)36-20-10-11-22-19(16-20)18-30-27(31-22)32-23-8-6-7-9-25(23)33(4)14-15-35-5;/h6,8,10-13,16-18H,7,9,14-15H2,1-5H3,(H,30,31,32);1H. The molecule has 37 heavy (non-hydrogen) atoms. The van der Waals surface area contributed by atoms with Crippen molar-refractivity contribution in [1.82, 2.24) is 19.9 Å². The maximum absolute atomic E-state index is 12.3. The number of allylic oxidation sites excluding steroid dienone is 3. The molecule has 0 fully saturated rings. The van der Waals surface area contributed by atoms with Crippen molar-refractivity contribution in [3.63, 3.8) is 0 Å². The van der Waals surface area contributed by atoms with E-state index in [4.69, 9.17) is 14.2 Å². The number of carbonyl (C=O) groups is 1. The topological polar surface area (TPSA) is 98.7 Å². The summed E-state index contributed by atoms with van der Waals surface area (Å²) in [5.74, 6) is 1.10. The lowest BCUT2D eigenvalue weighted by molar-refractivity contribution is 0.00624. The van der Waals surface area contributed by atoms with Gasteiger partial charge in [0.25, 0.3) is 0 Å². The molecule has 9 heteroatoms. The second kappa shape index (κ2) is 11.4. The number of nitrogens with zero attached hydrogens (tertiary/aromatic N) is 4. The molecule has 1 aromatic carbocycles. The van der Waals surface area contributed by atoms with Crippen LogP contribution in [0.5, 0.6) is 11.5 Å². The molecular weight excluding hydrogens is 470 g/mol. The Balaban J connectivity index is 0.00000400. The van der Waals surface area contributed by atoms with Crippen molar-refractivity contribution in [2.45, 2.75) is 39.2 Å². The number of likely N-dealkylation sites (N-methyl/N-ethyl adjacent to an activating group) is 1. The fourth-order valence-electron chi connectivity index (χ4n) is 3.83. The van der Waals surface area contributed by atoms with Crippen molar-refractivity contribution in [2.24, 2.45) is 0 Å². The third-order valence-corrected chi connectivity index (χ3v) is 5.61. The van der Waals surface area contributed by atoms with Gasteiger partial charge in [0, 0.05) is 51.7 Å². The number of methoxy groups -OCH3 is 1. The van der Waals surface area contributed by atoms with Crippen LogP contribution in [0, 0.1) is 0 Å². The molecule has 0 unspecified atom stereocenters. The molecule has 196 valence electrons. The number of benzene rings is 1. The summed E-state index contributed by atoms with van der Waals surface area (Å²) in [6.45, 7) is 6.91. The molecule has 0 aliphatic heterocycles. The molecule has 0 bridgehead atoms. The molecule has 1 N–H and O–H groups in total. The monoisotopic (exact) mass is 505 g/mol. The summed E-state index contributed by atoms with van der Waals surface area (Å²) < 4.78 is 16.6. The summed E-state index contributed by atoms with van der Waals surface area (Å²) in [6.07, 6.45) is 9.44. The van der Waals surface area contributed by atoms with Crippen molar-refractivity contribution >= 4 is 22.8 Å². The van der Waals surface area contributed by atoms with Crippen LogP contribution in [0.3, 0.4) is 0 Å². The summed E-state index contributed by atoms with van der Waals surface area (Å²) in [5.41, 5.74) is 2.56. The Hall–Kier alpha value is -3.98. The lowest BCUT2D eigenvalue weighted by atomic mass is 10.1. The van der Waals surface area contributed by atoms with E-state index in [2.05, 4.69) is 44.4 Å². The van der Waals surface area contributed by atoms with Crippen molar-refractivity contribution in [3.05, 3.63) is 72.0 Å². The average molecular weight is 506 g/mol. The fourth-order valence-corrected chi connectivity index (χ4v) is 3.83. The first-order valence-electron chi connectivity index (χ1n) is 12.2. The van der Waals surface area contributed by atoms with Crippen LogP contribution in [0.2, 0.25) is 0 Å². The van der Waals surface area contributed by atoms with E-state index in [1.807, 2.05) is 39.0 Å². The number of hydrogen-bond acceptors (Lipinski definition) is 9. The van der Waals surface area contributed by atoms with E-state index < -0.39 is 11.6 Å². The third-order valence-electron chi connectivity index (χ3n) is 5.61. The van der Waals surface area contributed by atoms with Crippen LogP contribution < -0.4 is 10.1 Å². The molecule has 0 amide bonds. The first-order chi connectivity index (χ1) is 17.7. The predicted molar refractivity (Wildman–Crippen MR) is 145 cm³/mol. The number of pyridine rings is 1. The number of anilines is 1. The Morgan fingerprint density at radius 1 is 1.16 bits per heavy atom. The van der Waals surface area contributed by atoms with Crippen LogP contribution in [0.15, 0.2) is 66.3 Å². The van der Waals surface area contributed by atoms with E-state index in [1.54, 1.807) is 25.4 Å². The highest BCUT2D eigenvalue weighted by Crippen LogP contribution is 2.27. The van der Waals surface area contributed by atoms with Crippen LogP contribution >= 0.6 is 0 Å². The van der Waals surface area contributed by atoms with Gasteiger partial charge >= 0.3 is 5.97 Å². The highest BCUT2D eigenvalue weighted by molar-refractivity contribution is 5.88. The molecule has 3 aromatic rings. The van der Waals surface area contributed by atoms with E-state index in [-0.39, 0.29) is 7.12 Å². The van der Waals surface area contributed by atoms with Gasteiger partial charge in [-0.15, -0.1) is 0 Å². The first-order valence-corrected chi connectivity index (χ1v) is 12.2. The minimum absolute atomic E-state index is 0. The number of ether oxygens (including phenoxy) is 3. The summed E-state index contributed by atoms with van der Waals surface area (Å²) >= 11 is 0. The first kappa shape index (κ1) is 26.1. The molecule has 2 aromatic heterocycles. The van der Waals surface area contributed by atoms with Crippen LogP contribution in [0.25, 0.3) is 10.9 Å². The fraction of sp³-hybridized carbons (Fsp3) is 0.357. The highest BCUT2D eigenvalue weighted by Gasteiger charge is 2.19. The number of aromatic nitrogens is 3. The molecule has 0 spiro atoms. The quantitative estimate of drug-likeness (QED) is 0.374. The van der Waals surface area contributed by atoms with Crippen LogP contribution in [0.1, 0.15) is 45.5 Å². The molecule has 9 nitrogen and oxygen atoms in total. The van der Waals surface area contributed by atoms with Crippen LogP contribution in [-0.2, 0) is 9.47 Å². The Morgan fingerprint density at radius 3 is 2.76 bits per heavy atom. The Bertz CT molecular complexity index is 1340. The maximum Gasteiger partial charge on any atom is 0.357 e. The Kier molecular flexibility index (Phi) is 8.03. The van der Waals surface area contributed by atoms with Gasteiger partial charge in [0.05, 0.1) is 17.8 Å². The Morgan fingerprint density at radius 2 is 1.97 bits per heavy atom. The summed E-state index contributed by atoms with van der Waals surface area (Å²) in [4.78, 5) is 27.8. The van der Waals surface area contributed by atoms with E-state index in [0.29, 0.717) is 24.1 Å². The lowest BCUT2D eigenvalue weighted by Crippen LogP contribution is -2.26. The SMILES string of the molecule is COCCN(C)C1=C(Nc2ncc3cc(Oc4ccnc(C(=O)OC(C)(C)C)c4)ccc3n2)C=CCC1.[HH]. The summed E-state index contributed by atoms with van der Waals surface area (Å²) in [6, 6.07) is 8.82. The van der Waals surface area contributed by atoms with Gasteiger partial charge in [-0.25, -0.2) is 19.7 Å². The van der Waals surface area contributed by atoms with Gasteiger partial charge in [-0.1, -0.05) is 6.08 Å². The van der Waals surface area contributed by atoms with E-state index in [0.717, 1.165) is 36.0 Å². The van der Waals surface area contributed by atoms with Crippen molar-refractivity contribution in [1.29, 1.82) is 0 Å². The molecule has 0 saturated heterocycles. The van der Waals surface area contributed by atoms with E-state index >= 15 is 0 Å². The second-order valence-corrected chi connectivity index (χ2v) is 9.74. The van der Waals surface area contributed by atoms with Gasteiger partial charge in [0.2, 0.25) is 5.95 Å². The zero-order chi connectivity index (χ0) is 26.4. The van der Waals surface area contributed by atoms with Gasteiger partial charge in [-0.05, 0) is 64.0 Å². The zero-order valence-electron chi connectivity index (χ0n) is 21.9. The lowest BCUT2D eigenvalue weighted by Gasteiger charge is -2.27. The molecule has 0 saturated carbocycles. The maximum atomic E-state index is 12.3. The Labute approximate surface area is 218 Å². The highest BCUT2D eigenvalue weighted by atomic mass is 16.6. The normalized spacial score (nSPS) is 13.5. The van der Waals surface area contributed by atoms with Crippen LogP contribution in [-0.4, -0.2) is 58.7 Å². The molecular formula is C28H35N5O4. The van der Waals surface area contributed by atoms with Crippen molar-refractivity contribution < 1.29 is 20.4 Å². The summed E-state index contributed by atoms with van der Waals surface area (Å²) in [5, 5.41) is 4.20.